The van der Waals surface area contributed by atoms with E-state index in [4.69, 9.17) is 11.6 Å². The third kappa shape index (κ3) is 4.55. The highest BCUT2D eigenvalue weighted by atomic mass is 35.5. The summed E-state index contributed by atoms with van der Waals surface area (Å²) < 4.78 is 0. The van der Waals surface area contributed by atoms with E-state index in [1.54, 1.807) is 24.3 Å². The summed E-state index contributed by atoms with van der Waals surface area (Å²) in [5.41, 5.74) is 1.13. The standard InChI is InChI=1S/C12H13ClN2O3/c1-8(16)9-2-4-10(5-3-9)15-12(18)7-14-11(17)6-13/h2-5H,6-7H2,1H3,(H,14,17)(H,15,18). The van der Waals surface area contributed by atoms with E-state index in [0.29, 0.717) is 11.3 Å². The van der Waals surface area contributed by atoms with E-state index in [9.17, 15) is 14.4 Å². The van der Waals surface area contributed by atoms with Gasteiger partial charge in [-0.3, -0.25) is 14.4 Å². The van der Waals surface area contributed by atoms with Crippen LogP contribution in [0.25, 0.3) is 0 Å². The lowest BCUT2D eigenvalue weighted by atomic mass is 10.1. The first-order valence-electron chi connectivity index (χ1n) is 5.26. The number of amides is 2. The zero-order valence-electron chi connectivity index (χ0n) is 9.83. The SMILES string of the molecule is CC(=O)c1ccc(NC(=O)CNC(=O)CCl)cc1. The quantitative estimate of drug-likeness (QED) is 0.622. The normalized spacial score (nSPS) is 9.67. The number of anilines is 1. The number of hydrogen-bond acceptors (Lipinski definition) is 3. The Morgan fingerprint density at radius 1 is 1.11 bits per heavy atom. The van der Waals surface area contributed by atoms with Crippen LogP contribution in [0.15, 0.2) is 24.3 Å². The van der Waals surface area contributed by atoms with Crippen LogP contribution in [0.5, 0.6) is 0 Å². The first-order chi connectivity index (χ1) is 8.52. The van der Waals surface area contributed by atoms with Crippen molar-refractivity contribution >= 4 is 34.9 Å². The second-order valence-electron chi connectivity index (χ2n) is 3.59. The van der Waals surface area contributed by atoms with Crippen LogP contribution in [0.4, 0.5) is 5.69 Å². The summed E-state index contributed by atoms with van der Waals surface area (Å²) in [5.74, 6) is -0.981. The molecule has 0 saturated carbocycles. The van der Waals surface area contributed by atoms with E-state index in [1.165, 1.54) is 6.92 Å². The summed E-state index contributed by atoms with van der Waals surface area (Å²) >= 11 is 5.27. The van der Waals surface area contributed by atoms with Crippen LogP contribution in [0.2, 0.25) is 0 Å². The molecule has 0 spiro atoms. The number of ketones is 1. The lowest BCUT2D eigenvalue weighted by Gasteiger charge is -2.06. The van der Waals surface area contributed by atoms with Gasteiger partial charge in [-0.05, 0) is 31.2 Å². The van der Waals surface area contributed by atoms with Gasteiger partial charge in [0.1, 0.15) is 5.88 Å². The molecule has 1 aromatic rings. The van der Waals surface area contributed by atoms with E-state index in [1.807, 2.05) is 0 Å². The van der Waals surface area contributed by atoms with Gasteiger partial charge >= 0.3 is 0 Å². The van der Waals surface area contributed by atoms with Crippen LogP contribution in [0.3, 0.4) is 0 Å². The summed E-state index contributed by atoms with van der Waals surface area (Å²) in [5, 5.41) is 4.92. The van der Waals surface area contributed by atoms with E-state index < -0.39 is 5.91 Å². The Morgan fingerprint density at radius 3 is 2.22 bits per heavy atom. The molecule has 2 amide bonds. The predicted octanol–water partition coefficient (Wildman–Crippen LogP) is 1.18. The van der Waals surface area contributed by atoms with Crippen molar-refractivity contribution in [1.82, 2.24) is 5.32 Å². The lowest BCUT2D eigenvalue weighted by molar-refractivity contribution is -0.122. The summed E-state index contributed by atoms with van der Waals surface area (Å²) in [4.78, 5) is 33.3. The number of carbonyl (C=O) groups excluding carboxylic acids is 3. The molecular formula is C12H13ClN2O3. The second-order valence-corrected chi connectivity index (χ2v) is 3.86. The van der Waals surface area contributed by atoms with Crippen molar-refractivity contribution in [3.63, 3.8) is 0 Å². The molecular weight excluding hydrogens is 256 g/mol. The Kier molecular flexibility index (Phi) is 5.32. The molecule has 6 heteroatoms. The van der Waals surface area contributed by atoms with Gasteiger partial charge in [0.05, 0.1) is 6.54 Å². The summed E-state index contributed by atoms with van der Waals surface area (Å²) in [6.45, 7) is 1.33. The van der Waals surface area contributed by atoms with Crippen LogP contribution in [0.1, 0.15) is 17.3 Å². The fraction of sp³-hybridized carbons (Fsp3) is 0.250. The molecule has 0 radical (unpaired) electrons. The molecule has 0 fully saturated rings. The Balaban J connectivity index is 2.49. The molecule has 0 aliphatic rings. The van der Waals surface area contributed by atoms with Crippen molar-refractivity contribution in [2.24, 2.45) is 0 Å². The number of benzene rings is 1. The minimum atomic E-state index is -0.404. The van der Waals surface area contributed by atoms with Crippen molar-refractivity contribution < 1.29 is 14.4 Å². The largest absolute Gasteiger partial charge is 0.346 e. The summed E-state index contributed by atoms with van der Waals surface area (Å²) in [7, 11) is 0. The summed E-state index contributed by atoms with van der Waals surface area (Å²) in [6, 6.07) is 6.49. The van der Waals surface area contributed by atoms with Crippen LogP contribution in [0, 0.1) is 0 Å². The fourth-order valence-corrected chi connectivity index (χ4v) is 1.31. The van der Waals surface area contributed by atoms with Gasteiger partial charge in [-0.2, -0.15) is 0 Å². The predicted molar refractivity (Wildman–Crippen MR) is 68.8 cm³/mol. The Hall–Kier alpha value is -1.88. The van der Waals surface area contributed by atoms with E-state index in [0.717, 1.165) is 0 Å². The van der Waals surface area contributed by atoms with Crippen molar-refractivity contribution in [2.45, 2.75) is 6.92 Å². The molecule has 0 aliphatic heterocycles. The molecule has 0 atom stereocenters. The van der Waals surface area contributed by atoms with Crippen molar-refractivity contribution in [3.8, 4) is 0 Å². The zero-order valence-corrected chi connectivity index (χ0v) is 10.6. The minimum Gasteiger partial charge on any atom is -0.346 e. The van der Waals surface area contributed by atoms with Crippen LogP contribution in [-0.2, 0) is 9.59 Å². The van der Waals surface area contributed by atoms with Gasteiger partial charge in [0, 0.05) is 11.3 Å². The monoisotopic (exact) mass is 268 g/mol. The maximum Gasteiger partial charge on any atom is 0.243 e. The van der Waals surface area contributed by atoms with Crippen LogP contribution in [-0.4, -0.2) is 30.0 Å². The Bertz CT molecular complexity index is 457. The lowest BCUT2D eigenvalue weighted by Crippen LogP contribution is -2.33. The van der Waals surface area contributed by atoms with Gasteiger partial charge in [-0.1, -0.05) is 0 Å². The third-order valence-corrected chi connectivity index (χ3v) is 2.39. The van der Waals surface area contributed by atoms with Crippen molar-refractivity contribution in [2.75, 3.05) is 17.7 Å². The molecule has 1 aromatic carbocycles. The number of Topliss-reactive ketones (excluding diaryl/α,β-unsaturated/α-hetero) is 1. The summed E-state index contributed by atoms with van der Waals surface area (Å²) in [6.07, 6.45) is 0. The number of nitrogens with one attached hydrogen (secondary N) is 2. The topological polar surface area (TPSA) is 75.3 Å². The highest BCUT2D eigenvalue weighted by molar-refractivity contribution is 6.27. The maximum absolute atomic E-state index is 11.4. The first kappa shape index (κ1) is 14.2. The molecule has 18 heavy (non-hydrogen) atoms. The average Bonchev–Trinajstić information content (AvgIpc) is 2.36. The van der Waals surface area contributed by atoms with Crippen molar-refractivity contribution in [1.29, 1.82) is 0 Å². The van der Waals surface area contributed by atoms with Gasteiger partial charge in [0.15, 0.2) is 5.78 Å². The number of rotatable bonds is 5. The molecule has 0 bridgehead atoms. The van der Waals surface area contributed by atoms with Gasteiger partial charge in [-0.25, -0.2) is 0 Å². The molecule has 2 N–H and O–H groups in total. The molecule has 5 nitrogen and oxygen atoms in total. The number of alkyl halides is 1. The van der Waals surface area contributed by atoms with Gasteiger partial charge in [0.25, 0.3) is 0 Å². The van der Waals surface area contributed by atoms with E-state index in [-0.39, 0.29) is 24.1 Å². The molecule has 0 unspecified atom stereocenters. The Labute approximate surface area is 110 Å². The molecule has 96 valence electrons. The maximum atomic E-state index is 11.4. The minimum absolute atomic E-state index is 0.0396. The van der Waals surface area contributed by atoms with E-state index in [2.05, 4.69) is 10.6 Å². The first-order valence-corrected chi connectivity index (χ1v) is 5.80. The smallest absolute Gasteiger partial charge is 0.243 e. The molecule has 0 heterocycles. The number of hydrogen-bond donors (Lipinski definition) is 2. The molecule has 0 aromatic heterocycles. The number of carbonyl (C=O) groups is 3. The highest BCUT2D eigenvalue weighted by Crippen LogP contribution is 2.09. The molecule has 1 rings (SSSR count). The van der Waals surface area contributed by atoms with Crippen molar-refractivity contribution in [3.05, 3.63) is 29.8 Å². The average molecular weight is 269 g/mol. The Morgan fingerprint density at radius 2 is 1.72 bits per heavy atom. The van der Waals surface area contributed by atoms with Gasteiger partial charge in [-0.15, -0.1) is 11.6 Å². The second kappa shape index (κ2) is 6.76. The third-order valence-electron chi connectivity index (χ3n) is 2.14. The molecule has 0 saturated heterocycles. The van der Waals surface area contributed by atoms with Gasteiger partial charge in [0.2, 0.25) is 11.8 Å². The highest BCUT2D eigenvalue weighted by Gasteiger charge is 2.05. The van der Waals surface area contributed by atoms with Crippen LogP contribution < -0.4 is 10.6 Å². The van der Waals surface area contributed by atoms with Crippen LogP contribution >= 0.6 is 11.6 Å². The fourth-order valence-electron chi connectivity index (χ4n) is 1.22. The van der Waals surface area contributed by atoms with Gasteiger partial charge < -0.3 is 10.6 Å². The van der Waals surface area contributed by atoms with E-state index >= 15 is 0 Å². The zero-order chi connectivity index (χ0) is 13.5. The molecule has 0 aliphatic carbocycles. The number of halogens is 1.